The minimum Gasteiger partial charge on any atom is -0.493 e. The maximum atomic E-state index is 11.7. The van der Waals surface area contributed by atoms with Gasteiger partial charge in [0.25, 0.3) is 0 Å². The standard InChI is InChI=1S/C17H25N3O4/c1-16(2,3)24-15(21)19-20-17(4,11-18)10-12-7-8-13(22-5)14(9-12)23-6/h7-9,20H,10H2,1-6H3,(H,19,21). The molecule has 0 spiro atoms. The van der Waals surface area contributed by atoms with Crippen LogP contribution in [0, 0.1) is 11.3 Å². The Bertz CT molecular complexity index is 619. The van der Waals surface area contributed by atoms with Gasteiger partial charge in [-0.05, 0) is 45.4 Å². The summed E-state index contributed by atoms with van der Waals surface area (Å²) in [5.41, 5.74) is 4.36. The molecule has 7 nitrogen and oxygen atoms in total. The Morgan fingerprint density at radius 2 is 1.79 bits per heavy atom. The first-order chi connectivity index (χ1) is 11.1. The number of hydrazine groups is 1. The topological polar surface area (TPSA) is 92.6 Å². The Hall–Kier alpha value is -2.46. The number of nitriles is 1. The molecule has 0 aromatic heterocycles. The van der Waals surface area contributed by atoms with E-state index in [1.165, 1.54) is 0 Å². The molecule has 24 heavy (non-hydrogen) atoms. The Labute approximate surface area is 142 Å². The van der Waals surface area contributed by atoms with E-state index in [2.05, 4.69) is 16.9 Å². The first-order valence-corrected chi connectivity index (χ1v) is 7.51. The highest BCUT2D eigenvalue weighted by molar-refractivity contribution is 5.67. The first-order valence-electron chi connectivity index (χ1n) is 7.51. The molecule has 7 heteroatoms. The molecule has 0 bridgehead atoms. The van der Waals surface area contributed by atoms with E-state index in [0.717, 1.165) is 5.56 Å². The Morgan fingerprint density at radius 3 is 2.29 bits per heavy atom. The molecule has 1 unspecified atom stereocenters. The number of rotatable bonds is 6. The van der Waals surface area contributed by atoms with Crippen LogP contribution in [0.4, 0.5) is 4.79 Å². The van der Waals surface area contributed by atoms with Gasteiger partial charge in [-0.25, -0.2) is 10.2 Å². The highest BCUT2D eigenvalue weighted by Gasteiger charge is 2.26. The molecule has 1 aromatic carbocycles. The molecule has 0 heterocycles. The van der Waals surface area contributed by atoms with Crippen LogP contribution >= 0.6 is 0 Å². The molecule has 0 aliphatic carbocycles. The molecule has 1 amide bonds. The largest absolute Gasteiger partial charge is 0.493 e. The van der Waals surface area contributed by atoms with Gasteiger partial charge in [0.1, 0.15) is 11.1 Å². The number of hydrogen-bond donors (Lipinski definition) is 2. The van der Waals surface area contributed by atoms with Crippen LogP contribution in [0.3, 0.4) is 0 Å². The van der Waals surface area contributed by atoms with Gasteiger partial charge in [0.05, 0.1) is 20.3 Å². The van der Waals surface area contributed by atoms with Gasteiger partial charge in [0.2, 0.25) is 0 Å². The van der Waals surface area contributed by atoms with E-state index in [4.69, 9.17) is 14.2 Å². The van der Waals surface area contributed by atoms with Gasteiger partial charge < -0.3 is 14.2 Å². The van der Waals surface area contributed by atoms with Gasteiger partial charge >= 0.3 is 6.09 Å². The van der Waals surface area contributed by atoms with Gasteiger partial charge in [-0.1, -0.05) is 6.07 Å². The summed E-state index contributed by atoms with van der Waals surface area (Å²) < 4.78 is 15.6. The fourth-order valence-corrected chi connectivity index (χ4v) is 2.00. The monoisotopic (exact) mass is 335 g/mol. The molecule has 2 N–H and O–H groups in total. The van der Waals surface area contributed by atoms with Crippen molar-refractivity contribution < 1.29 is 19.0 Å². The molecule has 132 valence electrons. The van der Waals surface area contributed by atoms with E-state index in [-0.39, 0.29) is 0 Å². The lowest BCUT2D eigenvalue weighted by Crippen LogP contribution is -2.53. The normalized spacial score (nSPS) is 13.4. The van der Waals surface area contributed by atoms with Crippen molar-refractivity contribution in [3.05, 3.63) is 23.8 Å². The SMILES string of the molecule is COc1ccc(CC(C)(C#N)NNC(=O)OC(C)(C)C)cc1OC. The zero-order valence-electron chi connectivity index (χ0n) is 15.0. The average molecular weight is 335 g/mol. The minimum atomic E-state index is -1.02. The van der Waals surface area contributed by atoms with E-state index < -0.39 is 17.2 Å². The maximum absolute atomic E-state index is 11.7. The minimum absolute atomic E-state index is 0.347. The summed E-state index contributed by atoms with van der Waals surface area (Å²) in [6.45, 7) is 6.97. The van der Waals surface area contributed by atoms with Crippen LogP contribution in [-0.2, 0) is 11.2 Å². The zero-order valence-corrected chi connectivity index (χ0v) is 15.0. The molecule has 0 fully saturated rings. The van der Waals surface area contributed by atoms with Crippen LogP contribution in [0.25, 0.3) is 0 Å². The fraction of sp³-hybridized carbons (Fsp3) is 0.529. The zero-order chi connectivity index (χ0) is 18.4. The Kier molecular flexibility index (Phi) is 6.43. The van der Waals surface area contributed by atoms with Gasteiger partial charge in [0, 0.05) is 6.42 Å². The number of carbonyl (C=O) groups is 1. The summed E-state index contributed by atoms with van der Waals surface area (Å²) in [5, 5.41) is 9.46. The second-order valence-corrected chi connectivity index (χ2v) is 6.56. The van der Waals surface area contributed by atoms with Gasteiger partial charge in [-0.15, -0.1) is 0 Å². The van der Waals surface area contributed by atoms with Crippen molar-refractivity contribution in [2.45, 2.75) is 45.3 Å². The average Bonchev–Trinajstić information content (AvgIpc) is 2.51. The summed E-state index contributed by atoms with van der Waals surface area (Å²) in [4.78, 5) is 11.7. The number of benzene rings is 1. The lowest BCUT2D eigenvalue weighted by Gasteiger charge is -2.26. The summed E-state index contributed by atoms with van der Waals surface area (Å²) in [6, 6.07) is 7.56. The van der Waals surface area contributed by atoms with Crippen LogP contribution in [0.2, 0.25) is 0 Å². The Balaban J connectivity index is 2.78. The molecular formula is C17H25N3O4. The third kappa shape index (κ3) is 5.97. The Morgan fingerprint density at radius 1 is 1.17 bits per heavy atom. The van der Waals surface area contributed by atoms with Crippen molar-refractivity contribution in [3.8, 4) is 17.6 Å². The van der Waals surface area contributed by atoms with Crippen LogP contribution in [0.5, 0.6) is 11.5 Å². The quantitative estimate of drug-likeness (QED) is 0.776. The number of ether oxygens (including phenoxy) is 3. The molecule has 0 saturated heterocycles. The van der Waals surface area contributed by atoms with Gasteiger partial charge in [-0.2, -0.15) is 5.26 Å². The van der Waals surface area contributed by atoms with E-state index >= 15 is 0 Å². The van der Waals surface area contributed by atoms with E-state index in [1.54, 1.807) is 54.0 Å². The second-order valence-electron chi connectivity index (χ2n) is 6.56. The number of nitrogens with zero attached hydrogens (tertiary/aromatic N) is 1. The predicted molar refractivity (Wildman–Crippen MR) is 89.8 cm³/mol. The number of hydrogen-bond acceptors (Lipinski definition) is 6. The molecule has 0 saturated carbocycles. The molecule has 1 atom stereocenters. The highest BCUT2D eigenvalue weighted by atomic mass is 16.6. The van der Waals surface area contributed by atoms with Crippen LogP contribution in [0.15, 0.2) is 18.2 Å². The smallest absolute Gasteiger partial charge is 0.422 e. The van der Waals surface area contributed by atoms with Crippen LogP contribution in [0.1, 0.15) is 33.3 Å². The maximum Gasteiger partial charge on any atom is 0.422 e. The van der Waals surface area contributed by atoms with Crippen molar-refractivity contribution in [1.29, 1.82) is 5.26 Å². The number of nitrogens with one attached hydrogen (secondary N) is 2. The number of amides is 1. The predicted octanol–water partition coefficient (Wildman–Crippen LogP) is 2.56. The van der Waals surface area contributed by atoms with Crippen LogP contribution in [-0.4, -0.2) is 31.5 Å². The van der Waals surface area contributed by atoms with E-state index in [0.29, 0.717) is 17.9 Å². The van der Waals surface area contributed by atoms with Crippen molar-refractivity contribution in [3.63, 3.8) is 0 Å². The lowest BCUT2D eigenvalue weighted by atomic mass is 9.95. The van der Waals surface area contributed by atoms with Crippen molar-refractivity contribution >= 4 is 6.09 Å². The van der Waals surface area contributed by atoms with Crippen molar-refractivity contribution in [2.24, 2.45) is 0 Å². The van der Waals surface area contributed by atoms with Gasteiger partial charge in [-0.3, -0.25) is 5.43 Å². The highest BCUT2D eigenvalue weighted by Crippen LogP contribution is 2.28. The molecule has 1 aromatic rings. The molecule has 0 radical (unpaired) electrons. The summed E-state index contributed by atoms with van der Waals surface area (Å²) in [7, 11) is 3.11. The number of methoxy groups -OCH3 is 2. The second kappa shape index (κ2) is 7.88. The molecule has 1 rings (SSSR count). The van der Waals surface area contributed by atoms with E-state index in [1.807, 2.05) is 6.07 Å². The van der Waals surface area contributed by atoms with Gasteiger partial charge in [0.15, 0.2) is 11.5 Å². The van der Waals surface area contributed by atoms with Crippen LogP contribution < -0.4 is 20.3 Å². The lowest BCUT2D eigenvalue weighted by molar-refractivity contribution is 0.0479. The first kappa shape index (κ1) is 19.6. The van der Waals surface area contributed by atoms with Crippen molar-refractivity contribution in [1.82, 2.24) is 10.9 Å². The third-order valence-corrected chi connectivity index (χ3v) is 3.09. The molecular weight excluding hydrogens is 310 g/mol. The third-order valence-electron chi connectivity index (χ3n) is 3.09. The number of carbonyl (C=O) groups excluding carboxylic acids is 1. The summed E-state index contributed by atoms with van der Waals surface area (Å²) in [6.07, 6.45) is -0.295. The molecule has 0 aliphatic heterocycles. The molecule has 0 aliphatic rings. The fourth-order valence-electron chi connectivity index (χ4n) is 2.00. The summed E-state index contributed by atoms with van der Waals surface area (Å²) >= 11 is 0. The van der Waals surface area contributed by atoms with E-state index in [9.17, 15) is 10.1 Å². The van der Waals surface area contributed by atoms with Crippen molar-refractivity contribution in [2.75, 3.05) is 14.2 Å². The summed E-state index contributed by atoms with van der Waals surface area (Å²) in [5.74, 6) is 1.19.